The number of hydrazone groups is 1. The second-order valence-corrected chi connectivity index (χ2v) is 6.91. The van der Waals surface area contributed by atoms with E-state index >= 15 is 0 Å². The van der Waals surface area contributed by atoms with Crippen molar-refractivity contribution in [1.29, 1.82) is 0 Å². The molecule has 0 unspecified atom stereocenters. The SMILES string of the molecule is CC(C)(C)c1ccc(OCC(=O)N/N=C/c2ccn(CC(F)(F)F)n2)cc1. The van der Waals surface area contributed by atoms with Crippen LogP contribution in [0.5, 0.6) is 5.75 Å². The lowest BCUT2D eigenvalue weighted by molar-refractivity contribution is -0.142. The summed E-state index contributed by atoms with van der Waals surface area (Å²) in [6.07, 6.45) is -2.01. The molecule has 1 heterocycles. The highest BCUT2D eigenvalue weighted by Gasteiger charge is 2.28. The Bertz CT molecular complexity index is 790. The van der Waals surface area contributed by atoms with E-state index in [1.165, 1.54) is 12.3 Å². The third kappa shape index (κ3) is 7.12. The number of alkyl halides is 3. The predicted octanol–water partition coefficient (Wildman–Crippen LogP) is 3.27. The molecular weight excluding hydrogens is 361 g/mol. The summed E-state index contributed by atoms with van der Waals surface area (Å²) in [5.41, 5.74) is 3.59. The van der Waals surface area contributed by atoms with Gasteiger partial charge in [0.25, 0.3) is 5.91 Å². The van der Waals surface area contributed by atoms with E-state index in [0.29, 0.717) is 5.75 Å². The number of amides is 1. The van der Waals surface area contributed by atoms with Gasteiger partial charge in [-0.2, -0.15) is 23.4 Å². The van der Waals surface area contributed by atoms with Crippen LogP contribution in [0.3, 0.4) is 0 Å². The highest BCUT2D eigenvalue weighted by Crippen LogP contribution is 2.24. The molecule has 2 aromatic rings. The zero-order valence-electron chi connectivity index (χ0n) is 15.2. The summed E-state index contributed by atoms with van der Waals surface area (Å²) < 4.78 is 42.9. The van der Waals surface area contributed by atoms with Gasteiger partial charge >= 0.3 is 6.18 Å². The second-order valence-electron chi connectivity index (χ2n) is 6.91. The van der Waals surface area contributed by atoms with E-state index in [1.807, 2.05) is 12.1 Å². The topological polar surface area (TPSA) is 68.5 Å². The van der Waals surface area contributed by atoms with E-state index in [9.17, 15) is 18.0 Å². The van der Waals surface area contributed by atoms with Gasteiger partial charge in [-0.05, 0) is 29.2 Å². The van der Waals surface area contributed by atoms with Crippen molar-refractivity contribution in [3.63, 3.8) is 0 Å². The molecule has 0 aliphatic heterocycles. The lowest BCUT2D eigenvalue weighted by atomic mass is 9.87. The van der Waals surface area contributed by atoms with Crippen molar-refractivity contribution in [2.75, 3.05) is 6.61 Å². The molecule has 1 N–H and O–H groups in total. The largest absolute Gasteiger partial charge is 0.484 e. The molecule has 0 saturated carbocycles. The number of carbonyl (C=O) groups excluding carboxylic acids is 1. The Labute approximate surface area is 155 Å². The lowest BCUT2D eigenvalue weighted by Crippen LogP contribution is -2.24. The highest BCUT2D eigenvalue weighted by molar-refractivity contribution is 5.81. The van der Waals surface area contributed by atoms with Crippen LogP contribution in [-0.4, -0.2) is 34.7 Å². The summed E-state index contributed by atoms with van der Waals surface area (Å²) in [7, 11) is 0. The summed E-state index contributed by atoms with van der Waals surface area (Å²) in [6.45, 7) is 4.87. The van der Waals surface area contributed by atoms with Crippen molar-refractivity contribution in [1.82, 2.24) is 15.2 Å². The fraction of sp³-hybridized carbons (Fsp3) is 0.389. The molecule has 0 aliphatic carbocycles. The summed E-state index contributed by atoms with van der Waals surface area (Å²) >= 11 is 0. The predicted molar refractivity (Wildman–Crippen MR) is 94.7 cm³/mol. The van der Waals surface area contributed by atoms with Gasteiger partial charge in [-0.15, -0.1) is 0 Å². The number of aromatic nitrogens is 2. The summed E-state index contributed by atoms with van der Waals surface area (Å²) in [6, 6.07) is 8.79. The zero-order valence-corrected chi connectivity index (χ0v) is 15.2. The monoisotopic (exact) mass is 382 g/mol. The highest BCUT2D eigenvalue weighted by atomic mass is 19.4. The summed E-state index contributed by atoms with van der Waals surface area (Å²) in [4.78, 5) is 11.7. The van der Waals surface area contributed by atoms with Crippen molar-refractivity contribution < 1.29 is 22.7 Å². The number of nitrogens with one attached hydrogen (secondary N) is 1. The molecule has 1 aromatic heterocycles. The van der Waals surface area contributed by atoms with Crippen molar-refractivity contribution in [2.45, 2.75) is 38.9 Å². The van der Waals surface area contributed by atoms with Crippen LogP contribution < -0.4 is 10.2 Å². The van der Waals surface area contributed by atoms with Crippen LogP contribution >= 0.6 is 0 Å². The third-order valence-corrected chi connectivity index (χ3v) is 3.48. The molecule has 1 amide bonds. The number of rotatable bonds is 6. The van der Waals surface area contributed by atoms with Crippen LogP contribution in [0.4, 0.5) is 13.2 Å². The van der Waals surface area contributed by atoms with Gasteiger partial charge in [-0.1, -0.05) is 32.9 Å². The minimum Gasteiger partial charge on any atom is -0.484 e. The molecule has 0 atom stereocenters. The molecule has 0 aliphatic rings. The molecule has 9 heteroatoms. The van der Waals surface area contributed by atoms with Crippen molar-refractivity contribution in [3.8, 4) is 5.75 Å². The Hall–Kier alpha value is -2.84. The molecule has 2 rings (SSSR count). The van der Waals surface area contributed by atoms with Gasteiger partial charge in [0.15, 0.2) is 6.61 Å². The van der Waals surface area contributed by atoms with Gasteiger partial charge in [-0.25, -0.2) is 5.43 Å². The standard InChI is InChI=1S/C18H21F3N4O2/c1-17(2,3)13-4-6-15(7-5-13)27-11-16(26)23-22-10-14-8-9-25(24-14)12-18(19,20)21/h4-10H,11-12H2,1-3H3,(H,23,26)/b22-10+. The first-order chi connectivity index (χ1) is 12.5. The van der Waals surface area contributed by atoms with Crippen LogP contribution in [-0.2, 0) is 16.8 Å². The van der Waals surface area contributed by atoms with Crippen molar-refractivity contribution in [2.24, 2.45) is 5.10 Å². The molecule has 0 saturated heterocycles. The van der Waals surface area contributed by atoms with E-state index in [-0.39, 0.29) is 17.7 Å². The first-order valence-corrected chi connectivity index (χ1v) is 8.18. The van der Waals surface area contributed by atoms with Crippen LogP contribution in [0.1, 0.15) is 32.0 Å². The number of halogens is 3. The lowest BCUT2D eigenvalue weighted by Gasteiger charge is -2.19. The zero-order chi connectivity index (χ0) is 20.1. The maximum atomic E-state index is 12.2. The Morgan fingerprint density at radius 2 is 1.89 bits per heavy atom. The average molecular weight is 382 g/mol. The molecule has 6 nitrogen and oxygen atoms in total. The van der Waals surface area contributed by atoms with Gasteiger partial charge in [0, 0.05) is 6.20 Å². The fourth-order valence-corrected chi connectivity index (χ4v) is 2.12. The minimum atomic E-state index is -4.35. The number of carbonyl (C=O) groups is 1. The fourth-order valence-electron chi connectivity index (χ4n) is 2.12. The molecule has 0 fully saturated rings. The molecule has 27 heavy (non-hydrogen) atoms. The van der Waals surface area contributed by atoms with Crippen molar-refractivity contribution in [3.05, 3.63) is 47.8 Å². The van der Waals surface area contributed by atoms with Gasteiger partial charge in [0.05, 0.1) is 6.21 Å². The third-order valence-electron chi connectivity index (χ3n) is 3.48. The Morgan fingerprint density at radius 1 is 1.22 bits per heavy atom. The Kier molecular flexibility index (Phi) is 6.24. The molecule has 0 spiro atoms. The summed E-state index contributed by atoms with van der Waals surface area (Å²) in [5.74, 6) is 0.0499. The number of nitrogens with zero attached hydrogens (tertiary/aromatic N) is 3. The number of hydrogen-bond donors (Lipinski definition) is 1. The van der Waals surface area contributed by atoms with Crippen LogP contribution in [0.2, 0.25) is 0 Å². The number of ether oxygens (including phenoxy) is 1. The first-order valence-electron chi connectivity index (χ1n) is 8.18. The normalized spacial score (nSPS) is 12.4. The van der Waals surface area contributed by atoms with E-state index < -0.39 is 18.6 Å². The molecular formula is C18H21F3N4O2. The van der Waals surface area contributed by atoms with E-state index in [2.05, 4.69) is 36.4 Å². The number of benzene rings is 1. The van der Waals surface area contributed by atoms with E-state index in [4.69, 9.17) is 4.74 Å². The van der Waals surface area contributed by atoms with Gasteiger partial charge in [-0.3, -0.25) is 9.48 Å². The molecule has 0 radical (unpaired) electrons. The summed E-state index contributed by atoms with van der Waals surface area (Å²) in [5, 5.41) is 7.33. The van der Waals surface area contributed by atoms with Gasteiger partial charge in [0.2, 0.25) is 0 Å². The van der Waals surface area contributed by atoms with E-state index in [1.54, 1.807) is 12.1 Å². The van der Waals surface area contributed by atoms with Gasteiger partial charge in [0.1, 0.15) is 18.0 Å². The molecule has 1 aromatic carbocycles. The van der Waals surface area contributed by atoms with Gasteiger partial charge < -0.3 is 4.74 Å². The van der Waals surface area contributed by atoms with Crippen LogP contribution in [0.15, 0.2) is 41.6 Å². The maximum absolute atomic E-state index is 12.2. The van der Waals surface area contributed by atoms with E-state index in [0.717, 1.165) is 16.5 Å². The van der Waals surface area contributed by atoms with Crippen molar-refractivity contribution >= 4 is 12.1 Å². The second kappa shape index (κ2) is 8.24. The minimum absolute atomic E-state index is 0.0255. The maximum Gasteiger partial charge on any atom is 0.408 e. The average Bonchev–Trinajstić information content (AvgIpc) is 2.98. The molecule has 0 bridgehead atoms. The van der Waals surface area contributed by atoms with Crippen LogP contribution in [0, 0.1) is 0 Å². The quantitative estimate of drug-likeness (QED) is 0.616. The Balaban J connectivity index is 1.78. The number of hydrogen-bond acceptors (Lipinski definition) is 4. The van der Waals surface area contributed by atoms with Crippen LogP contribution in [0.25, 0.3) is 0 Å². The Morgan fingerprint density at radius 3 is 2.48 bits per heavy atom. The smallest absolute Gasteiger partial charge is 0.408 e. The first kappa shape index (κ1) is 20.5. The molecule has 146 valence electrons.